The normalized spacial score (nSPS) is 10.7. The first kappa shape index (κ1) is 7.59. The lowest BCUT2D eigenvalue weighted by atomic mass is 10.6. The fraction of sp³-hybridized carbons (Fsp3) is 0.333. The molecule has 0 fully saturated rings. The molecule has 0 atom stereocenters. The van der Waals surface area contributed by atoms with Gasteiger partial charge in [0.1, 0.15) is 11.6 Å². The van der Waals surface area contributed by atoms with Gasteiger partial charge in [-0.15, -0.1) is 0 Å². The number of rotatable bonds is 1. The first-order chi connectivity index (χ1) is 5.22. The second kappa shape index (κ2) is 3.05. The smallest absolute Gasteiger partial charge is 0.254 e. The molecule has 11 heavy (non-hydrogen) atoms. The summed E-state index contributed by atoms with van der Waals surface area (Å²) in [5, 5.41) is 0. The average molecular weight is 151 g/mol. The highest BCUT2D eigenvalue weighted by molar-refractivity contribution is 5.55. The highest BCUT2D eigenvalue weighted by Crippen LogP contribution is 2.01. The molecule has 1 aromatic rings. The van der Waals surface area contributed by atoms with Crippen molar-refractivity contribution < 1.29 is 0 Å². The number of nitrogens with zero attached hydrogens (tertiary/aromatic N) is 4. The van der Waals surface area contributed by atoms with Crippen molar-refractivity contribution in [1.29, 1.82) is 0 Å². The van der Waals surface area contributed by atoms with Crippen LogP contribution in [0.15, 0.2) is 4.99 Å². The summed E-state index contributed by atoms with van der Waals surface area (Å²) in [6.07, 6.45) is 1.16. The van der Waals surface area contributed by atoms with Gasteiger partial charge in [0.2, 0.25) is 0 Å². The second-order valence-corrected chi connectivity index (χ2v) is 2.01. The third kappa shape index (κ3) is 1.96. The van der Waals surface area contributed by atoms with E-state index in [4.69, 9.17) is 5.73 Å². The van der Waals surface area contributed by atoms with Crippen LogP contribution in [0.1, 0.15) is 11.6 Å². The first-order valence-electron chi connectivity index (χ1n) is 3.16. The van der Waals surface area contributed by atoms with E-state index in [1.54, 1.807) is 13.8 Å². The molecule has 0 radical (unpaired) electrons. The molecule has 0 unspecified atom stereocenters. The van der Waals surface area contributed by atoms with Crippen LogP contribution in [-0.4, -0.2) is 21.3 Å². The predicted octanol–water partition coefficient (Wildman–Crippen LogP) is 0.107. The Labute approximate surface area is 64.4 Å². The van der Waals surface area contributed by atoms with E-state index in [1.807, 2.05) is 0 Å². The van der Waals surface area contributed by atoms with E-state index in [1.165, 1.54) is 0 Å². The van der Waals surface area contributed by atoms with E-state index in [0.717, 1.165) is 6.34 Å². The van der Waals surface area contributed by atoms with Gasteiger partial charge in [0.15, 0.2) is 0 Å². The van der Waals surface area contributed by atoms with Gasteiger partial charge in [-0.05, 0) is 13.8 Å². The van der Waals surface area contributed by atoms with E-state index < -0.39 is 0 Å². The zero-order valence-corrected chi connectivity index (χ0v) is 6.44. The number of aromatic nitrogens is 3. The Morgan fingerprint density at radius 3 is 2.18 bits per heavy atom. The topological polar surface area (TPSA) is 77.0 Å². The minimum atomic E-state index is 0.359. The summed E-state index contributed by atoms with van der Waals surface area (Å²) in [7, 11) is 0. The molecule has 0 amide bonds. The van der Waals surface area contributed by atoms with Gasteiger partial charge in [0, 0.05) is 0 Å². The fourth-order valence-electron chi connectivity index (χ4n) is 0.723. The summed E-state index contributed by atoms with van der Waals surface area (Å²) < 4.78 is 0. The molecule has 0 aliphatic heterocycles. The van der Waals surface area contributed by atoms with Crippen molar-refractivity contribution >= 4 is 12.3 Å². The van der Waals surface area contributed by atoms with Gasteiger partial charge in [-0.3, -0.25) is 0 Å². The zero-order chi connectivity index (χ0) is 8.27. The molecule has 58 valence electrons. The third-order valence-electron chi connectivity index (χ3n) is 1.04. The van der Waals surface area contributed by atoms with Crippen LogP contribution >= 0.6 is 0 Å². The lowest BCUT2D eigenvalue weighted by molar-refractivity contribution is 0.919. The van der Waals surface area contributed by atoms with Gasteiger partial charge >= 0.3 is 0 Å². The Hall–Kier alpha value is -1.52. The van der Waals surface area contributed by atoms with Crippen molar-refractivity contribution in [2.45, 2.75) is 13.8 Å². The first-order valence-corrected chi connectivity index (χ1v) is 3.16. The standard InChI is InChI=1S/C6H9N5/c1-4-9-5(2)11-6(10-4)8-3-7/h3H,1-2H3,(H2,7,8,9,10,11). The molecule has 0 bridgehead atoms. The summed E-state index contributed by atoms with van der Waals surface area (Å²) in [6, 6.07) is 0. The lowest BCUT2D eigenvalue weighted by Crippen LogP contribution is -1.96. The Bertz CT molecular complexity index is 260. The molecule has 1 heterocycles. The Kier molecular flexibility index (Phi) is 2.10. The maximum atomic E-state index is 5.07. The second-order valence-electron chi connectivity index (χ2n) is 2.01. The fourth-order valence-corrected chi connectivity index (χ4v) is 0.723. The number of aliphatic imine (C=N–C) groups is 1. The van der Waals surface area contributed by atoms with Gasteiger partial charge in [-0.1, -0.05) is 0 Å². The van der Waals surface area contributed by atoms with Crippen LogP contribution in [0.2, 0.25) is 0 Å². The Morgan fingerprint density at radius 1 is 1.18 bits per heavy atom. The highest BCUT2D eigenvalue weighted by atomic mass is 15.1. The quantitative estimate of drug-likeness (QED) is 0.456. The van der Waals surface area contributed by atoms with Crippen LogP contribution in [0.5, 0.6) is 0 Å². The molecular formula is C6H9N5. The van der Waals surface area contributed by atoms with Crippen molar-refractivity contribution in [2.75, 3.05) is 0 Å². The number of aryl methyl sites for hydroxylation is 2. The molecule has 0 aliphatic rings. The predicted molar refractivity (Wildman–Crippen MR) is 41.6 cm³/mol. The van der Waals surface area contributed by atoms with Gasteiger partial charge in [-0.2, -0.15) is 9.97 Å². The molecule has 0 aliphatic carbocycles. The van der Waals surface area contributed by atoms with E-state index in [2.05, 4.69) is 19.9 Å². The summed E-state index contributed by atoms with van der Waals surface area (Å²) in [6.45, 7) is 3.56. The summed E-state index contributed by atoms with van der Waals surface area (Å²) in [4.78, 5) is 15.5. The van der Waals surface area contributed by atoms with Crippen molar-refractivity contribution in [3.8, 4) is 0 Å². The minimum Gasteiger partial charge on any atom is -0.390 e. The van der Waals surface area contributed by atoms with Crippen LogP contribution < -0.4 is 5.73 Å². The van der Waals surface area contributed by atoms with Crippen LogP contribution in [-0.2, 0) is 0 Å². The van der Waals surface area contributed by atoms with Crippen molar-refractivity contribution in [1.82, 2.24) is 15.0 Å². The van der Waals surface area contributed by atoms with E-state index in [9.17, 15) is 0 Å². The number of hydrogen-bond donors (Lipinski definition) is 1. The van der Waals surface area contributed by atoms with E-state index in [0.29, 0.717) is 17.6 Å². The number of nitrogens with two attached hydrogens (primary N) is 1. The van der Waals surface area contributed by atoms with Gasteiger partial charge < -0.3 is 5.73 Å². The van der Waals surface area contributed by atoms with Crippen molar-refractivity contribution in [3.63, 3.8) is 0 Å². The zero-order valence-electron chi connectivity index (χ0n) is 6.44. The lowest BCUT2D eigenvalue weighted by Gasteiger charge is -1.94. The Morgan fingerprint density at radius 2 is 1.73 bits per heavy atom. The average Bonchev–Trinajstić information content (AvgIpc) is 1.85. The molecule has 0 saturated heterocycles. The SMILES string of the molecule is Cc1nc(C)nc(/N=C\N)n1. The van der Waals surface area contributed by atoms with Crippen LogP contribution in [0.3, 0.4) is 0 Å². The molecular weight excluding hydrogens is 142 g/mol. The van der Waals surface area contributed by atoms with Gasteiger partial charge in [0.25, 0.3) is 5.95 Å². The van der Waals surface area contributed by atoms with Crippen molar-refractivity contribution in [3.05, 3.63) is 11.6 Å². The number of hydrogen-bond acceptors (Lipinski definition) is 4. The van der Waals surface area contributed by atoms with Crippen LogP contribution in [0.25, 0.3) is 0 Å². The summed E-state index contributed by atoms with van der Waals surface area (Å²) in [5.74, 6) is 1.66. The molecule has 5 heteroatoms. The highest BCUT2D eigenvalue weighted by Gasteiger charge is 1.95. The van der Waals surface area contributed by atoms with Crippen LogP contribution in [0, 0.1) is 13.8 Å². The summed E-state index contributed by atoms with van der Waals surface area (Å²) in [5.41, 5.74) is 5.07. The van der Waals surface area contributed by atoms with E-state index in [-0.39, 0.29) is 0 Å². The third-order valence-corrected chi connectivity index (χ3v) is 1.04. The van der Waals surface area contributed by atoms with Gasteiger partial charge in [-0.25, -0.2) is 9.98 Å². The molecule has 1 aromatic heterocycles. The largest absolute Gasteiger partial charge is 0.390 e. The molecule has 1 rings (SSSR count). The maximum absolute atomic E-state index is 5.07. The minimum absolute atomic E-state index is 0.359. The van der Waals surface area contributed by atoms with Crippen LogP contribution in [0.4, 0.5) is 5.95 Å². The molecule has 0 saturated carbocycles. The molecule has 0 aromatic carbocycles. The van der Waals surface area contributed by atoms with Crippen molar-refractivity contribution in [2.24, 2.45) is 10.7 Å². The van der Waals surface area contributed by atoms with E-state index >= 15 is 0 Å². The monoisotopic (exact) mass is 151 g/mol. The molecule has 5 nitrogen and oxygen atoms in total. The Balaban J connectivity index is 3.08. The molecule has 2 N–H and O–H groups in total. The molecule has 0 spiro atoms. The summed E-state index contributed by atoms with van der Waals surface area (Å²) >= 11 is 0. The van der Waals surface area contributed by atoms with Gasteiger partial charge in [0.05, 0.1) is 6.34 Å². The maximum Gasteiger partial charge on any atom is 0.254 e.